The van der Waals surface area contributed by atoms with Crippen LogP contribution in [0.1, 0.15) is 48.6 Å². The molecule has 0 saturated heterocycles. The number of aryl methyl sites for hydroxylation is 2. The van der Waals surface area contributed by atoms with Gasteiger partial charge < -0.3 is 10.1 Å². The lowest BCUT2D eigenvalue weighted by atomic mass is 9.93. The highest BCUT2D eigenvalue weighted by Crippen LogP contribution is 2.43. The summed E-state index contributed by atoms with van der Waals surface area (Å²) in [6, 6.07) is 2.64. The zero-order chi connectivity index (χ0) is 12.6. The van der Waals surface area contributed by atoms with Crippen LogP contribution in [-0.4, -0.2) is 12.6 Å². The highest BCUT2D eigenvalue weighted by molar-refractivity contribution is 5.54. The van der Waals surface area contributed by atoms with Crippen molar-refractivity contribution in [3.63, 3.8) is 0 Å². The zero-order valence-electron chi connectivity index (χ0n) is 11.6. The van der Waals surface area contributed by atoms with Gasteiger partial charge in [0.1, 0.15) is 11.9 Å². The predicted octanol–water partition coefficient (Wildman–Crippen LogP) is 3.43. The van der Waals surface area contributed by atoms with Crippen LogP contribution in [0, 0.1) is 20.8 Å². The molecule has 1 aromatic rings. The number of fused-ring (bicyclic) bond motifs is 1. The van der Waals surface area contributed by atoms with Gasteiger partial charge >= 0.3 is 0 Å². The lowest BCUT2D eigenvalue weighted by Crippen LogP contribution is -2.30. The summed E-state index contributed by atoms with van der Waals surface area (Å²) in [4.78, 5) is 0. The molecule has 0 saturated carbocycles. The van der Waals surface area contributed by atoms with Crippen LogP contribution in [0.5, 0.6) is 5.75 Å². The Morgan fingerprint density at radius 2 is 1.88 bits per heavy atom. The Labute approximate surface area is 104 Å². The Morgan fingerprint density at radius 1 is 1.18 bits per heavy atom. The van der Waals surface area contributed by atoms with Crippen molar-refractivity contribution >= 4 is 0 Å². The number of rotatable bonds is 3. The molecule has 0 aliphatic carbocycles. The van der Waals surface area contributed by atoms with E-state index >= 15 is 0 Å². The van der Waals surface area contributed by atoms with Crippen molar-refractivity contribution in [1.29, 1.82) is 0 Å². The highest BCUT2D eigenvalue weighted by Gasteiger charge is 2.35. The summed E-state index contributed by atoms with van der Waals surface area (Å²) in [6.45, 7) is 11.8. The van der Waals surface area contributed by atoms with Crippen LogP contribution in [0.15, 0.2) is 6.07 Å². The van der Waals surface area contributed by atoms with Crippen LogP contribution in [0.4, 0.5) is 0 Å². The monoisotopic (exact) mass is 233 g/mol. The second-order valence-corrected chi connectivity index (χ2v) is 4.98. The smallest absolute Gasteiger partial charge is 0.128 e. The van der Waals surface area contributed by atoms with E-state index in [-0.39, 0.29) is 6.10 Å². The lowest BCUT2D eigenvalue weighted by Gasteiger charge is -2.18. The van der Waals surface area contributed by atoms with Crippen molar-refractivity contribution < 1.29 is 4.74 Å². The van der Waals surface area contributed by atoms with Gasteiger partial charge in [0.2, 0.25) is 0 Å². The molecule has 0 amide bonds. The van der Waals surface area contributed by atoms with Gasteiger partial charge in [-0.05, 0) is 50.4 Å². The maximum atomic E-state index is 6.15. The molecule has 2 atom stereocenters. The quantitative estimate of drug-likeness (QED) is 0.863. The van der Waals surface area contributed by atoms with Gasteiger partial charge in [0.15, 0.2) is 0 Å². The molecule has 2 rings (SSSR count). The van der Waals surface area contributed by atoms with Crippen molar-refractivity contribution in [3.8, 4) is 5.75 Å². The summed E-state index contributed by atoms with van der Waals surface area (Å²) in [7, 11) is 0. The first-order valence-electron chi connectivity index (χ1n) is 6.60. The summed E-state index contributed by atoms with van der Waals surface area (Å²) in [5.74, 6) is 1.13. The molecule has 0 fully saturated rings. The van der Waals surface area contributed by atoms with Gasteiger partial charge in [-0.15, -0.1) is 0 Å². The summed E-state index contributed by atoms with van der Waals surface area (Å²) in [5, 5.41) is 3.56. The fourth-order valence-electron chi connectivity index (χ4n) is 2.79. The molecule has 0 spiro atoms. The van der Waals surface area contributed by atoms with Crippen molar-refractivity contribution in [2.45, 2.75) is 53.2 Å². The first-order chi connectivity index (χ1) is 8.10. The van der Waals surface area contributed by atoms with E-state index in [0.29, 0.717) is 6.04 Å². The molecule has 1 aliphatic heterocycles. The minimum absolute atomic E-state index is 0.282. The molecule has 2 nitrogen and oxygen atoms in total. The average Bonchev–Trinajstić information content (AvgIpc) is 2.66. The minimum Gasteiger partial charge on any atom is -0.488 e. The number of hydrogen-bond acceptors (Lipinski definition) is 2. The Balaban J connectivity index is 2.51. The maximum absolute atomic E-state index is 6.15. The number of benzene rings is 1. The number of likely N-dealkylation sites (N-methyl/N-ethyl adjacent to an activating group) is 1. The van der Waals surface area contributed by atoms with Crippen molar-refractivity contribution in [2.75, 3.05) is 6.54 Å². The molecule has 94 valence electrons. The Hall–Kier alpha value is -1.02. The van der Waals surface area contributed by atoms with Gasteiger partial charge in [0.25, 0.3) is 0 Å². The largest absolute Gasteiger partial charge is 0.488 e. The average molecular weight is 233 g/mol. The highest BCUT2D eigenvalue weighted by atomic mass is 16.5. The molecule has 1 aliphatic rings. The third-order valence-corrected chi connectivity index (χ3v) is 3.81. The molecule has 2 unspecified atom stereocenters. The van der Waals surface area contributed by atoms with E-state index in [1.807, 2.05) is 0 Å². The molecule has 1 aromatic carbocycles. The fraction of sp³-hybridized carbons (Fsp3) is 0.600. The van der Waals surface area contributed by atoms with E-state index in [9.17, 15) is 0 Å². The molecule has 1 heterocycles. The van der Waals surface area contributed by atoms with E-state index in [4.69, 9.17) is 4.74 Å². The molecule has 17 heavy (non-hydrogen) atoms. The zero-order valence-corrected chi connectivity index (χ0v) is 11.6. The summed E-state index contributed by atoms with van der Waals surface area (Å²) >= 11 is 0. The second kappa shape index (κ2) is 4.69. The van der Waals surface area contributed by atoms with Gasteiger partial charge in [-0.1, -0.05) is 19.9 Å². The van der Waals surface area contributed by atoms with Gasteiger partial charge in [-0.3, -0.25) is 0 Å². The third-order valence-electron chi connectivity index (χ3n) is 3.81. The van der Waals surface area contributed by atoms with Gasteiger partial charge in [-0.25, -0.2) is 0 Å². The molecule has 0 bridgehead atoms. The fourth-order valence-corrected chi connectivity index (χ4v) is 2.79. The van der Waals surface area contributed by atoms with E-state index < -0.39 is 0 Å². The number of nitrogens with one attached hydrogen (secondary N) is 1. The van der Waals surface area contributed by atoms with Gasteiger partial charge in [0, 0.05) is 5.56 Å². The Morgan fingerprint density at radius 3 is 2.47 bits per heavy atom. The molecular formula is C15H23NO. The standard InChI is InChI=1S/C15H23NO/c1-6-12-14(16-7-2)13-10(4)8-9(3)11(5)15(13)17-12/h8,12,14,16H,6-7H2,1-5H3. The Kier molecular flexibility index (Phi) is 3.43. The van der Waals surface area contributed by atoms with E-state index in [0.717, 1.165) is 18.7 Å². The van der Waals surface area contributed by atoms with Crippen LogP contribution in [0.3, 0.4) is 0 Å². The molecule has 1 N–H and O–H groups in total. The first kappa shape index (κ1) is 12.4. The number of ether oxygens (including phenoxy) is 1. The lowest BCUT2D eigenvalue weighted by molar-refractivity contribution is 0.185. The molecule has 0 aromatic heterocycles. The summed E-state index contributed by atoms with van der Waals surface area (Å²) < 4.78 is 6.15. The predicted molar refractivity (Wildman–Crippen MR) is 71.8 cm³/mol. The van der Waals surface area contributed by atoms with E-state index in [1.165, 1.54) is 22.3 Å². The molecular weight excluding hydrogens is 210 g/mol. The van der Waals surface area contributed by atoms with Crippen LogP contribution < -0.4 is 10.1 Å². The van der Waals surface area contributed by atoms with E-state index in [2.05, 4.69) is 46.0 Å². The third kappa shape index (κ3) is 1.95. The minimum atomic E-state index is 0.282. The molecule has 0 radical (unpaired) electrons. The van der Waals surface area contributed by atoms with E-state index in [1.54, 1.807) is 0 Å². The Bertz CT molecular complexity index is 425. The topological polar surface area (TPSA) is 21.3 Å². The van der Waals surface area contributed by atoms with Crippen LogP contribution in [-0.2, 0) is 0 Å². The van der Waals surface area contributed by atoms with Crippen LogP contribution in [0.25, 0.3) is 0 Å². The normalized spacial score (nSPS) is 22.4. The first-order valence-corrected chi connectivity index (χ1v) is 6.60. The maximum Gasteiger partial charge on any atom is 0.128 e. The van der Waals surface area contributed by atoms with Gasteiger partial charge in [0.05, 0.1) is 6.04 Å². The van der Waals surface area contributed by atoms with Crippen molar-refractivity contribution in [3.05, 3.63) is 28.3 Å². The van der Waals surface area contributed by atoms with Gasteiger partial charge in [-0.2, -0.15) is 0 Å². The summed E-state index contributed by atoms with van der Waals surface area (Å²) in [6.07, 6.45) is 1.33. The van der Waals surface area contributed by atoms with Crippen LogP contribution >= 0.6 is 0 Å². The second-order valence-electron chi connectivity index (χ2n) is 4.98. The molecule has 2 heteroatoms. The number of hydrogen-bond donors (Lipinski definition) is 1. The van der Waals surface area contributed by atoms with Crippen molar-refractivity contribution in [1.82, 2.24) is 5.32 Å². The van der Waals surface area contributed by atoms with Crippen LogP contribution in [0.2, 0.25) is 0 Å². The summed E-state index contributed by atoms with van der Waals surface area (Å²) in [5.41, 5.74) is 5.35. The SMILES string of the molecule is CCNC1c2c(C)cc(C)c(C)c2OC1CC. The van der Waals surface area contributed by atoms with Crippen molar-refractivity contribution in [2.24, 2.45) is 0 Å².